The lowest BCUT2D eigenvalue weighted by Gasteiger charge is -2.07. The molecule has 138 valence electrons. The molecule has 0 aliphatic rings. The zero-order valence-corrected chi connectivity index (χ0v) is 15.4. The smallest absolute Gasteiger partial charge is 0.375 e. The van der Waals surface area contributed by atoms with Crippen molar-refractivity contribution in [1.82, 2.24) is 5.32 Å². The molecule has 0 unspecified atom stereocenters. The fraction of sp³-hybridized carbons (Fsp3) is 0.143. The normalized spacial score (nSPS) is 10.4. The molecule has 0 spiro atoms. The highest BCUT2D eigenvalue weighted by Crippen LogP contribution is 2.25. The van der Waals surface area contributed by atoms with Crippen molar-refractivity contribution >= 4 is 23.6 Å². The van der Waals surface area contributed by atoms with Gasteiger partial charge >= 0.3 is 5.97 Å². The van der Waals surface area contributed by atoms with Crippen LogP contribution in [0, 0.1) is 0 Å². The first kappa shape index (κ1) is 18.8. The molecule has 27 heavy (non-hydrogen) atoms. The molecule has 3 aromatic rings. The van der Waals surface area contributed by atoms with Crippen LogP contribution in [0.4, 0.5) is 0 Å². The van der Waals surface area contributed by atoms with Crippen LogP contribution in [0.3, 0.4) is 0 Å². The minimum Gasteiger partial charge on any atom is -0.457 e. The number of hydrogen-bond donors (Lipinski definition) is 1. The van der Waals surface area contributed by atoms with Gasteiger partial charge in [0.2, 0.25) is 5.76 Å². The number of esters is 1. The van der Waals surface area contributed by atoms with Gasteiger partial charge in [0.05, 0.1) is 6.26 Å². The van der Waals surface area contributed by atoms with Crippen LogP contribution in [0.1, 0.15) is 10.6 Å². The molecule has 5 nitrogen and oxygen atoms in total. The molecule has 2 aromatic carbocycles. The van der Waals surface area contributed by atoms with Crippen LogP contribution in [-0.2, 0) is 9.53 Å². The predicted octanol–water partition coefficient (Wildman–Crippen LogP) is 4.01. The number of furan rings is 1. The molecule has 1 amide bonds. The number of amides is 1. The van der Waals surface area contributed by atoms with E-state index in [0.29, 0.717) is 12.1 Å². The average molecular weight is 381 g/mol. The van der Waals surface area contributed by atoms with Crippen LogP contribution in [0.2, 0.25) is 0 Å². The first-order valence-corrected chi connectivity index (χ1v) is 9.47. The topological polar surface area (TPSA) is 68.5 Å². The van der Waals surface area contributed by atoms with Crippen molar-refractivity contribution in [2.75, 3.05) is 18.9 Å². The molecule has 0 atom stereocenters. The molecule has 6 heteroatoms. The van der Waals surface area contributed by atoms with E-state index < -0.39 is 5.97 Å². The Bertz CT molecular complexity index is 877. The van der Waals surface area contributed by atoms with E-state index >= 15 is 0 Å². The van der Waals surface area contributed by atoms with E-state index in [9.17, 15) is 9.59 Å². The number of rotatable bonds is 8. The molecule has 0 saturated heterocycles. The number of carbonyl (C=O) groups is 2. The first-order chi connectivity index (χ1) is 13.2. The number of carbonyl (C=O) groups excluding carboxylic acids is 2. The van der Waals surface area contributed by atoms with Crippen LogP contribution in [0.25, 0.3) is 11.1 Å². The van der Waals surface area contributed by atoms with E-state index in [-0.39, 0.29) is 18.3 Å². The fourth-order valence-corrected chi connectivity index (χ4v) is 3.23. The Morgan fingerprint density at radius 2 is 1.67 bits per heavy atom. The summed E-state index contributed by atoms with van der Waals surface area (Å²) in [7, 11) is 0. The summed E-state index contributed by atoms with van der Waals surface area (Å²) in [5, 5.41) is 2.73. The third-order valence-electron chi connectivity index (χ3n) is 3.71. The summed E-state index contributed by atoms with van der Waals surface area (Å²) in [6.45, 7) is 0.149. The van der Waals surface area contributed by atoms with Gasteiger partial charge in [0.25, 0.3) is 5.91 Å². The number of ether oxygens (including phenoxy) is 1. The fourth-order valence-electron chi connectivity index (χ4n) is 2.44. The number of benzene rings is 2. The summed E-state index contributed by atoms with van der Waals surface area (Å²) >= 11 is 1.65. The molecule has 3 rings (SSSR count). The zero-order chi connectivity index (χ0) is 18.9. The maximum atomic E-state index is 12.2. The molecular formula is C21H19NO4S. The van der Waals surface area contributed by atoms with Crippen molar-refractivity contribution in [3.63, 3.8) is 0 Å². The quantitative estimate of drug-likeness (QED) is 0.363. The molecule has 1 heterocycles. The Labute approximate surface area is 161 Å². The summed E-state index contributed by atoms with van der Waals surface area (Å²) in [5.74, 6) is -0.175. The third kappa shape index (κ3) is 5.49. The van der Waals surface area contributed by atoms with Gasteiger partial charge < -0.3 is 14.5 Å². The molecule has 0 saturated carbocycles. The molecule has 0 radical (unpaired) electrons. The second-order valence-electron chi connectivity index (χ2n) is 5.62. The second-order valence-corrected chi connectivity index (χ2v) is 6.79. The van der Waals surface area contributed by atoms with Crippen molar-refractivity contribution in [1.29, 1.82) is 0 Å². The van der Waals surface area contributed by atoms with Crippen molar-refractivity contribution in [2.24, 2.45) is 0 Å². The Kier molecular flexibility index (Phi) is 6.71. The molecular weight excluding hydrogens is 362 g/mol. The van der Waals surface area contributed by atoms with E-state index in [1.54, 1.807) is 17.8 Å². The van der Waals surface area contributed by atoms with Gasteiger partial charge in [0.1, 0.15) is 0 Å². The van der Waals surface area contributed by atoms with E-state index in [1.165, 1.54) is 6.26 Å². The predicted molar refractivity (Wildman–Crippen MR) is 105 cm³/mol. The molecule has 0 fully saturated rings. The number of hydrogen-bond acceptors (Lipinski definition) is 5. The van der Waals surface area contributed by atoms with Gasteiger partial charge in [-0.1, -0.05) is 48.5 Å². The highest BCUT2D eigenvalue weighted by Gasteiger charge is 2.19. The number of thioether (sulfide) groups is 1. The highest BCUT2D eigenvalue weighted by atomic mass is 32.2. The lowest BCUT2D eigenvalue weighted by Crippen LogP contribution is -2.30. The van der Waals surface area contributed by atoms with Gasteiger partial charge in [-0.25, -0.2) is 4.79 Å². The van der Waals surface area contributed by atoms with Crippen LogP contribution >= 0.6 is 11.8 Å². The van der Waals surface area contributed by atoms with Gasteiger partial charge in [-0.3, -0.25) is 4.79 Å². The van der Waals surface area contributed by atoms with Crippen molar-refractivity contribution in [3.8, 4) is 11.1 Å². The summed E-state index contributed by atoms with van der Waals surface area (Å²) in [6, 6.07) is 21.0. The van der Waals surface area contributed by atoms with Crippen LogP contribution in [0.5, 0.6) is 0 Å². The molecule has 0 aliphatic carbocycles. The van der Waals surface area contributed by atoms with Crippen molar-refractivity contribution in [3.05, 3.63) is 78.8 Å². The van der Waals surface area contributed by atoms with Gasteiger partial charge in [0.15, 0.2) is 6.61 Å². The molecule has 1 N–H and O–H groups in total. The van der Waals surface area contributed by atoms with Crippen molar-refractivity contribution in [2.45, 2.75) is 4.90 Å². The Morgan fingerprint density at radius 3 is 2.41 bits per heavy atom. The van der Waals surface area contributed by atoms with Crippen LogP contribution < -0.4 is 5.32 Å². The maximum absolute atomic E-state index is 12.2. The standard InChI is InChI=1S/C21H19NO4S/c23-19(22-12-14-27-17-9-5-2-6-10-17)15-26-21(24)20-18(11-13-25-20)16-7-3-1-4-8-16/h1-11,13H,12,14-15H2,(H,22,23). The Balaban J connectivity index is 1.43. The molecule has 0 bridgehead atoms. The minimum atomic E-state index is -0.660. The summed E-state index contributed by atoms with van der Waals surface area (Å²) < 4.78 is 10.3. The first-order valence-electron chi connectivity index (χ1n) is 8.48. The van der Waals surface area contributed by atoms with Gasteiger partial charge in [-0.2, -0.15) is 0 Å². The van der Waals surface area contributed by atoms with Crippen LogP contribution in [0.15, 0.2) is 82.3 Å². The van der Waals surface area contributed by atoms with E-state index in [1.807, 2.05) is 60.7 Å². The Hall–Kier alpha value is -2.99. The van der Waals surface area contributed by atoms with E-state index in [2.05, 4.69) is 5.32 Å². The van der Waals surface area contributed by atoms with Gasteiger partial charge in [0, 0.05) is 22.8 Å². The second kappa shape index (κ2) is 9.64. The molecule has 0 aliphatic heterocycles. The SMILES string of the molecule is O=C(COC(=O)c1occc1-c1ccccc1)NCCSc1ccccc1. The maximum Gasteiger partial charge on any atom is 0.375 e. The Morgan fingerprint density at radius 1 is 0.963 bits per heavy atom. The highest BCUT2D eigenvalue weighted by molar-refractivity contribution is 7.99. The summed E-state index contributed by atoms with van der Waals surface area (Å²) in [5.41, 5.74) is 1.49. The van der Waals surface area contributed by atoms with Crippen LogP contribution in [-0.4, -0.2) is 30.8 Å². The molecule has 1 aromatic heterocycles. The minimum absolute atomic E-state index is 0.0913. The van der Waals surface area contributed by atoms with Gasteiger partial charge in [-0.15, -0.1) is 11.8 Å². The van der Waals surface area contributed by atoms with E-state index in [4.69, 9.17) is 9.15 Å². The largest absolute Gasteiger partial charge is 0.457 e. The van der Waals surface area contributed by atoms with Gasteiger partial charge in [-0.05, 0) is 23.8 Å². The monoisotopic (exact) mass is 381 g/mol. The zero-order valence-electron chi connectivity index (χ0n) is 14.6. The van der Waals surface area contributed by atoms with E-state index in [0.717, 1.165) is 16.2 Å². The summed E-state index contributed by atoms with van der Waals surface area (Å²) in [4.78, 5) is 25.2. The lowest BCUT2D eigenvalue weighted by atomic mass is 10.1. The number of nitrogens with one attached hydrogen (secondary N) is 1. The average Bonchev–Trinajstić information content (AvgIpc) is 3.21. The van der Waals surface area contributed by atoms with Crippen molar-refractivity contribution < 1.29 is 18.7 Å². The third-order valence-corrected chi connectivity index (χ3v) is 4.72. The summed E-state index contributed by atoms with van der Waals surface area (Å²) in [6.07, 6.45) is 1.43. The lowest BCUT2D eigenvalue weighted by molar-refractivity contribution is -0.124.